The van der Waals surface area contributed by atoms with Crippen molar-refractivity contribution >= 4 is 53.9 Å². The van der Waals surface area contributed by atoms with Gasteiger partial charge in [0.15, 0.2) is 0 Å². The third kappa shape index (κ3) is 33.1. The molecule has 580 valence electrons. The SMILES string of the molecule is [2H]C.[2H]C.[2H]C.[2H]C.[2H]C.[2H]C(C)(C)NC([2H])([2H])C([2H])(O)C([2H])([2H])Oc1cccc2ccccc12.[2H]C([2H])(NC([2H])(C)C([2H])([2H])[2H])C(O)C([2H])([2H])Oc1cccc2ccccc12.[2H]C([2H])([2H])C([2H])(C)NC([2H])([2H])C([2H])(O)C([2H])([2H])Oc1cccc2ccccc12.[2H]C([2H])([2H])C([2H])(C)NC([2H])([2H])C([2H])(O)COc1cccc2ccccc12.[2H]C([2H])([2H])C([2H])(C)NCC([2H])(O)C([2H])([2H])Oc1cccc2ccccc12.[2H][2H].[2H][2H].[2H][2H].[2H][2H].[2H][2H].[2H][2H].[2H][2H].[2H][2H].[2H][2H].[2H][2H].[2H][2H].[2H][2H].[2H][2H].[2H][2H].[2H][2H]. The Morgan fingerprint density at radius 3 is 0.900 bits per heavy atom. The molecule has 0 saturated carbocycles. The van der Waals surface area contributed by atoms with Crippen molar-refractivity contribution < 1.29 is 151 Å². The van der Waals surface area contributed by atoms with Crippen LogP contribution < -0.4 is 50.3 Å². The lowest BCUT2D eigenvalue weighted by atomic mass is 10.1. The minimum Gasteiger partial charge on any atom is -0.490 e. The molecular weight excluding hydrogens is 1250 g/mol. The van der Waals surface area contributed by atoms with Gasteiger partial charge in [-0.3, -0.25) is 0 Å². The van der Waals surface area contributed by atoms with Gasteiger partial charge in [0.2, 0.25) is 0 Å². The minimum absolute atomic E-state index is 0.0333. The summed E-state index contributed by atoms with van der Waals surface area (Å²) in [6, 6.07) is 48.8. The number of benzene rings is 10. The molecule has 15 heteroatoms. The zero-order valence-electron chi connectivity index (χ0n) is 130. The monoisotopic (exact) mass is 1480 g/mol. The van der Waals surface area contributed by atoms with Gasteiger partial charge in [0.05, 0.1) is 16.4 Å². The summed E-state index contributed by atoms with van der Waals surface area (Å²) >= 11 is 0. The van der Waals surface area contributed by atoms with Crippen LogP contribution in [0.1, 0.15) is 208 Å². The van der Waals surface area contributed by atoms with Crippen LogP contribution in [0.5, 0.6) is 28.7 Å². The van der Waals surface area contributed by atoms with E-state index in [4.69, 9.17) is 126 Å². The third-order valence-electron chi connectivity index (χ3n) is 12.3. The average molecular weight is 1480 g/mol. The minimum atomic E-state index is -3.61. The first-order chi connectivity index (χ1) is 79.5. The first-order valence-electron chi connectivity index (χ1n) is 67.8. The molecule has 10 aromatic rings. The van der Waals surface area contributed by atoms with Gasteiger partial charge in [0, 0.05) is 175 Å². The molecule has 9 unspecified atom stereocenters. The lowest BCUT2D eigenvalue weighted by Gasteiger charge is -2.15. The summed E-state index contributed by atoms with van der Waals surface area (Å²) in [6.07, 6.45) is -15.0. The molecule has 0 radical (unpaired) electrons. The van der Waals surface area contributed by atoms with Crippen LogP contribution >= 0.6 is 0 Å². The van der Waals surface area contributed by atoms with E-state index in [0.717, 1.165) is 54.6 Å². The van der Waals surface area contributed by atoms with E-state index in [2.05, 4.69) is 10.6 Å². The van der Waals surface area contributed by atoms with Crippen molar-refractivity contribution in [1.29, 1.82) is 0 Å². The second-order valence-corrected chi connectivity index (χ2v) is 20.4. The summed E-state index contributed by atoms with van der Waals surface area (Å²) in [5, 5.41) is 68.1. The Balaban J connectivity index is -0.000000128. The first-order valence-corrected chi connectivity index (χ1v) is 29.3. The molecule has 0 saturated heterocycles. The van der Waals surface area contributed by atoms with Crippen LogP contribution in [0.3, 0.4) is 0 Å². The van der Waals surface area contributed by atoms with Crippen LogP contribution in [0.4, 0.5) is 0 Å². The molecule has 0 aliphatic rings. The molecule has 0 fully saturated rings. The molecule has 0 amide bonds. The van der Waals surface area contributed by atoms with Crippen molar-refractivity contribution in [3.63, 3.8) is 0 Å². The van der Waals surface area contributed by atoms with Crippen LogP contribution in [0.25, 0.3) is 53.9 Å². The Labute approximate surface area is 705 Å². The average Bonchev–Trinajstić information content (AvgIpc) is 0.743. The molecule has 0 aliphatic heterocycles. The van der Waals surface area contributed by atoms with E-state index in [-0.39, 0.29) is 23.0 Å². The molecule has 100 heavy (non-hydrogen) atoms. The summed E-state index contributed by atoms with van der Waals surface area (Å²) in [5.41, 5.74) is 0. The molecule has 0 heterocycles. The fourth-order valence-electron chi connectivity index (χ4n) is 8.09. The fraction of sp³-hybridized carbons (Fsp3) is 0.412. The molecule has 0 aliphatic carbocycles. The predicted molar refractivity (Wildman–Crippen MR) is 458 cm³/mol. The highest BCUT2D eigenvalue weighted by Gasteiger charge is 2.13. The fourth-order valence-corrected chi connectivity index (χ4v) is 8.09. The Bertz CT molecular complexity index is 5540. The van der Waals surface area contributed by atoms with Gasteiger partial charge in [-0.25, -0.2) is 0 Å². The molecule has 0 spiro atoms. The van der Waals surface area contributed by atoms with Gasteiger partial charge in [-0.05, 0) is 57.3 Å². The number of nitrogens with one attached hydrogen (secondary N) is 5. The van der Waals surface area contributed by atoms with E-state index < -0.39 is 153 Å². The number of fused-ring (bicyclic) bond motifs is 5. The van der Waals surface area contributed by atoms with Crippen LogP contribution in [0, 0.1) is 0 Å². The normalized spacial score (nSPS) is 24.6. The second kappa shape index (κ2) is 49.6. The molecule has 0 bridgehead atoms. The van der Waals surface area contributed by atoms with Gasteiger partial charge in [0.1, 0.15) is 92.0 Å². The number of rotatable bonds is 30. The van der Waals surface area contributed by atoms with Crippen LogP contribution in [-0.2, 0) is 0 Å². The lowest BCUT2D eigenvalue weighted by molar-refractivity contribution is 0.105. The highest BCUT2D eigenvalue weighted by atomic mass is 16.5. The van der Waals surface area contributed by atoms with Gasteiger partial charge < -0.3 is 75.8 Å². The van der Waals surface area contributed by atoms with E-state index in [0.29, 0.717) is 32.7 Å². The smallest absolute Gasteiger partial charge is 0.127 e. The largest absolute Gasteiger partial charge is 0.490 e. The van der Waals surface area contributed by atoms with E-state index in [9.17, 15) is 25.5 Å². The maximum atomic E-state index is 10.4. The Morgan fingerprint density at radius 1 is 0.330 bits per heavy atom. The van der Waals surface area contributed by atoms with E-state index >= 15 is 0 Å². The van der Waals surface area contributed by atoms with Crippen molar-refractivity contribution in [3.05, 3.63) is 212 Å². The molecule has 10 aromatic carbocycles. The van der Waals surface area contributed by atoms with E-state index in [1.54, 1.807) is 157 Å². The van der Waals surface area contributed by atoms with Gasteiger partial charge in [0.25, 0.3) is 0 Å². The van der Waals surface area contributed by atoms with Gasteiger partial charge >= 0.3 is 0 Å². The molecule has 9 atom stereocenters. The molecular formula is C85H155N5O10. The molecule has 15 nitrogen and oxygen atoms in total. The van der Waals surface area contributed by atoms with Gasteiger partial charge in [-0.2, -0.15) is 0 Å². The Morgan fingerprint density at radius 2 is 0.580 bits per heavy atom. The highest BCUT2D eigenvalue weighted by Crippen LogP contribution is 2.29. The predicted octanol–water partition coefficient (Wildman–Crippen LogP) is 19.8. The van der Waals surface area contributed by atoms with Crippen molar-refractivity contribution in [1.82, 2.24) is 26.6 Å². The zero-order valence-corrected chi connectivity index (χ0v) is 58.0. The van der Waals surface area contributed by atoms with Crippen molar-refractivity contribution in [2.24, 2.45) is 0 Å². The molecule has 10 N–H and O–H groups in total. The van der Waals surface area contributed by atoms with Crippen molar-refractivity contribution in [2.45, 2.75) is 166 Å². The standard InChI is InChI=1S/5C16H21NO2.5CH4.15H2/c5*1-12(2)17-10-14(18)11-19-16-9-5-7-13-6-3-4-8-15(13)16;;;;;;;;;;;;;;;;;;;;/h5*3-9,12,14,17-18H,10-11H2,1-2H3;5*1H4;15*1H/i1D3,10D2,11D2,12D,14D;10D2,11D2,12D,14D;1D3,11D2,12D,14D;1D3,10D2,12D,14D;1D3,10D2,11D2,12D;5*1D;15*1+1D. The summed E-state index contributed by atoms with van der Waals surface area (Å²) in [4.78, 5) is 0. The zero-order chi connectivity index (χ0) is 141. The van der Waals surface area contributed by atoms with E-state index in [1.165, 1.54) is 75.1 Å². The summed E-state index contributed by atoms with van der Waals surface area (Å²) in [6.45, 7) is -31.0. The first kappa shape index (κ1) is 34.4. The maximum absolute atomic E-state index is 10.4. The Hall–Kier alpha value is -7.90. The topological polar surface area (TPSA) is 207 Å². The number of hydrogen-bond donors (Lipinski definition) is 10. The van der Waals surface area contributed by atoms with Crippen LogP contribution in [-0.4, -0.2) is 151 Å². The Kier molecular flexibility index (Phi) is 17.1. The molecule has 10 rings (SSSR count). The van der Waals surface area contributed by atoms with Gasteiger partial charge in [-0.15, -0.1) is 0 Å². The van der Waals surface area contributed by atoms with Gasteiger partial charge in [-0.1, -0.05) is 288 Å². The van der Waals surface area contributed by atoms with Crippen molar-refractivity contribution in [3.8, 4) is 28.7 Å². The number of ether oxygens (including phenoxy) is 5. The number of aliphatic hydroxyl groups excluding tert-OH is 1. The summed E-state index contributed by atoms with van der Waals surface area (Å²) in [7, 11) is 6.25. The van der Waals surface area contributed by atoms with Crippen LogP contribution in [0.15, 0.2) is 212 Å². The highest BCUT2D eigenvalue weighted by molar-refractivity contribution is 5.91. The number of aliphatic hydroxyl groups is 5. The summed E-state index contributed by atoms with van der Waals surface area (Å²) in [5.74, 6) is 0.637. The molecule has 0 aromatic heterocycles. The van der Waals surface area contributed by atoms with Crippen LogP contribution in [0.2, 0.25) is 0 Å². The number of hydrogen-bond acceptors (Lipinski definition) is 15. The summed E-state index contributed by atoms with van der Waals surface area (Å²) < 4.78 is 490. The lowest BCUT2D eigenvalue weighted by Crippen LogP contribution is -2.35. The second-order valence-electron chi connectivity index (χ2n) is 20.4. The maximum Gasteiger partial charge on any atom is 0.127 e. The third-order valence-corrected chi connectivity index (χ3v) is 12.3. The van der Waals surface area contributed by atoms with E-state index in [1.807, 2.05) is 47.0 Å². The van der Waals surface area contributed by atoms with Crippen molar-refractivity contribution in [2.75, 3.05) is 65.4 Å². The quantitative estimate of drug-likeness (QED) is 0.0203.